The van der Waals surface area contributed by atoms with Gasteiger partial charge < -0.3 is 0 Å². The molecule has 0 aliphatic heterocycles. The topological polar surface area (TPSA) is 0 Å². The molecule has 0 spiro atoms. The third-order valence-corrected chi connectivity index (χ3v) is 9.23. The summed E-state index contributed by atoms with van der Waals surface area (Å²) in [6.45, 7) is 4.88. The van der Waals surface area contributed by atoms with Gasteiger partial charge in [-0.25, -0.2) is 0 Å². The SMILES string of the molecule is C.C/C=C/CCCC1CCC2C1CCC1C2CCC2CCCC[C@]21C. The molecule has 7 atom stereocenters. The molecule has 0 radical (unpaired) electrons. The molecule has 0 aromatic rings. The van der Waals surface area contributed by atoms with Crippen molar-refractivity contribution in [3.8, 4) is 0 Å². The molecule has 0 nitrogen and oxygen atoms in total. The molecule has 25 heavy (non-hydrogen) atoms. The summed E-state index contributed by atoms with van der Waals surface area (Å²) in [6.07, 6.45) is 24.5. The van der Waals surface area contributed by atoms with E-state index in [9.17, 15) is 0 Å². The number of fused-ring (bicyclic) bond motifs is 5. The zero-order chi connectivity index (χ0) is 16.6. The predicted octanol–water partition coefficient (Wildman–Crippen LogP) is 8.03. The van der Waals surface area contributed by atoms with E-state index in [0.717, 1.165) is 40.9 Å². The first-order chi connectivity index (χ1) is 11.7. The first-order valence-corrected chi connectivity index (χ1v) is 11.3. The molecule has 4 rings (SSSR count). The molecule has 144 valence electrons. The van der Waals surface area contributed by atoms with Gasteiger partial charge in [0.1, 0.15) is 0 Å². The maximum Gasteiger partial charge on any atom is -0.0266 e. The van der Waals surface area contributed by atoms with Crippen LogP contribution >= 0.6 is 0 Å². The van der Waals surface area contributed by atoms with Gasteiger partial charge in [-0.15, -0.1) is 0 Å². The monoisotopic (exact) mass is 344 g/mol. The Kier molecular flexibility index (Phi) is 6.38. The standard InChI is InChI=1S/C24H40.CH4/c1-3-4-5-6-9-18-11-13-21-20(18)15-16-23-22(21)14-12-19-10-7-8-17-24(19,23)2;/h3-4,18-23H,5-17H2,1-2H3;1H4/b4-3+;/t18?,19?,20?,21?,22?,23?,24-;/m1./s1. The lowest BCUT2D eigenvalue weighted by atomic mass is 9.47. The average molecular weight is 345 g/mol. The first kappa shape index (κ1) is 19.5. The van der Waals surface area contributed by atoms with Gasteiger partial charge in [0.2, 0.25) is 0 Å². The summed E-state index contributed by atoms with van der Waals surface area (Å²) >= 11 is 0. The Bertz CT molecular complexity index is 449. The van der Waals surface area contributed by atoms with Gasteiger partial charge in [0, 0.05) is 0 Å². The highest BCUT2D eigenvalue weighted by Gasteiger charge is 2.55. The minimum atomic E-state index is 0. The van der Waals surface area contributed by atoms with Gasteiger partial charge in [-0.3, -0.25) is 0 Å². The number of rotatable bonds is 4. The van der Waals surface area contributed by atoms with Crippen molar-refractivity contribution in [2.45, 2.75) is 105 Å². The molecule has 0 heteroatoms. The van der Waals surface area contributed by atoms with Gasteiger partial charge in [-0.05, 0) is 118 Å². The molecule has 4 fully saturated rings. The molecule has 0 N–H and O–H groups in total. The molecule has 6 unspecified atom stereocenters. The molecule has 4 saturated carbocycles. The van der Waals surface area contributed by atoms with E-state index >= 15 is 0 Å². The molecule has 4 aliphatic carbocycles. The molecular weight excluding hydrogens is 300 g/mol. The van der Waals surface area contributed by atoms with Gasteiger partial charge >= 0.3 is 0 Å². The van der Waals surface area contributed by atoms with Gasteiger partial charge in [-0.1, -0.05) is 39.3 Å². The van der Waals surface area contributed by atoms with E-state index in [1.807, 2.05) is 0 Å². The number of unbranched alkanes of at least 4 members (excludes halogenated alkanes) is 1. The van der Waals surface area contributed by atoms with Crippen molar-refractivity contribution in [2.24, 2.45) is 40.9 Å². The van der Waals surface area contributed by atoms with Crippen LogP contribution in [0.4, 0.5) is 0 Å². The largest absolute Gasteiger partial charge is 0.0917 e. The fraction of sp³-hybridized carbons (Fsp3) is 0.920. The van der Waals surface area contributed by atoms with Crippen molar-refractivity contribution in [2.75, 3.05) is 0 Å². The van der Waals surface area contributed by atoms with Crippen LogP contribution in [0.5, 0.6) is 0 Å². The Morgan fingerprint density at radius 1 is 0.880 bits per heavy atom. The second kappa shape index (κ2) is 8.18. The van der Waals surface area contributed by atoms with Crippen LogP contribution in [0.3, 0.4) is 0 Å². The van der Waals surface area contributed by atoms with Gasteiger partial charge in [-0.2, -0.15) is 0 Å². The molecule has 4 aliphatic rings. The average Bonchev–Trinajstić information content (AvgIpc) is 3.01. The summed E-state index contributed by atoms with van der Waals surface area (Å²) in [5, 5.41) is 0. The summed E-state index contributed by atoms with van der Waals surface area (Å²) in [5.41, 5.74) is 0.732. The molecule has 0 aromatic carbocycles. The highest BCUT2D eigenvalue weighted by Crippen LogP contribution is 2.64. The fourth-order valence-electron chi connectivity index (χ4n) is 8.09. The number of hydrogen-bond donors (Lipinski definition) is 0. The van der Waals surface area contributed by atoms with E-state index in [1.54, 1.807) is 51.4 Å². The summed E-state index contributed by atoms with van der Waals surface area (Å²) in [6, 6.07) is 0. The Morgan fingerprint density at radius 3 is 2.52 bits per heavy atom. The smallest absolute Gasteiger partial charge is 0.0266 e. The number of allylic oxidation sites excluding steroid dienone is 2. The Balaban J connectivity index is 0.00000182. The van der Waals surface area contributed by atoms with Crippen LogP contribution in [0.15, 0.2) is 12.2 Å². The zero-order valence-electron chi connectivity index (χ0n) is 16.3. The minimum absolute atomic E-state index is 0. The van der Waals surface area contributed by atoms with Gasteiger partial charge in [0.05, 0.1) is 0 Å². The van der Waals surface area contributed by atoms with Gasteiger partial charge in [0.25, 0.3) is 0 Å². The normalized spacial score (nSPS) is 46.2. The molecule has 0 aromatic heterocycles. The van der Waals surface area contributed by atoms with Crippen molar-refractivity contribution < 1.29 is 0 Å². The molecule has 0 bridgehead atoms. The fourth-order valence-corrected chi connectivity index (χ4v) is 8.09. The van der Waals surface area contributed by atoms with E-state index in [4.69, 9.17) is 0 Å². The maximum atomic E-state index is 2.72. The van der Waals surface area contributed by atoms with E-state index in [1.165, 1.54) is 32.1 Å². The Labute approximate surface area is 158 Å². The van der Waals surface area contributed by atoms with Crippen molar-refractivity contribution in [1.29, 1.82) is 0 Å². The van der Waals surface area contributed by atoms with Crippen LogP contribution in [0, 0.1) is 40.9 Å². The molecule has 0 saturated heterocycles. The first-order valence-electron chi connectivity index (χ1n) is 11.3. The summed E-state index contributed by atoms with van der Waals surface area (Å²) < 4.78 is 0. The Hall–Kier alpha value is -0.260. The van der Waals surface area contributed by atoms with E-state index in [-0.39, 0.29) is 7.43 Å². The third kappa shape index (κ3) is 3.49. The zero-order valence-corrected chi connectivity index (χ0v) is 16.3. The van der Waals surface area contributed by atoms with Crippen molar-refractivity contribution in [3.63, 3.8) is 0 Å². The van der Waals surface area contributed by atoms with Crippen LogP contribution in [-0.2, 0) is 0 Å². The quantitative estimate of drug-likeness (QED) is 0.357. The predicted molar refractivity (Wildman–Crippen MR) is 111 cm³/mol. The highest BCUT2D eigenvalue weighted by molar-refractivity contribution is 5.04. The maximum absolute atomic E-state index is 2.72. The molecule has 0 amide bonds. The lowest BCUT2D eigenvalue weighted by molar-refractivity contribution is -0.0871. The summed E-state index contributed by atoms with van der Waals surface area (Å²) in [5.74, 6) is 6.61. The second-order valence-electron chi connectivity index (χ2n) is 10.0. The summed E-state index contributed by atoms with van der Waals surface area (Å²) in [4.78, 5) is 0. The van der Waals surface area contributed by atoms with Crippen molar-refractivity contribution >= 4 is 0 Å². The van der Waals surface area contributed by atoms with Crippen molar-refractivity contribution in [1.82, 2.24) is 0 Å². The van der Waals surface area contributed by atoms with Gasteiger partial charge in [0.15, 0.2) is 0 Å². The molecule has 0 heterocycles. The van der Waals surface area contributed by atoms with E-state index in [0.29, 0.717) is 0 Å². The molecular formula is C25H44. The van der Waals surface area contributed by atoms with E-state index < -0.39 is 0 Å². The highest BCUT2D eigenvalue weighted by atomic mass is 14.6. The van der Waals surface area contributed by atoms with Crippen LogP contribution in [0.2, 0.25) is 0 Å². The number of hydrogen-bond acceptors (Lipinski definition) is 0. The second-order valence-corrected chi connectivity index (χ2v) is 10.0. The summed E-state index contributed by atoms with van der Waals surface area (Å²) in [7, 11) is 0. The third-order valence-electron chi connectivity index (χ3n) is 9.23. The minimum Gasteiger partial charge on any atom is -0.0917 e. The van der Waals surface area contributed by atoms with Crippen LogP contribution in [0.1, 0.15) is 105 Å². The Morgan fingerprint density at radius 2 is 1.68 bits per heavy atom. The van der Waals surface area contributed by atoms with Crippen LogP contribution < -0.4 is 0 Å². The van der Waals surface area contributed by atoms with Crippen LogP contribution in [-0.4, -0.2) is 0 Å². The lowest BCUT2D eigenvalue weighted by Crippen LogP contribution is -2.50. The van der Waals surface area contributed by atoms with E-state index in [2.05, 4.69) is 26.0 Å². The lowest BCUT2D eigenvalue weighted by Gasteiger charge is -2.58. The van der Waals surface area contributed by atoms with Crippen LogP contribution in [0.25, 0.3) is 0 Å². The van der Waals surface area contributed by atoms with Crippen molar-refractivity contribution in [3.05, 3.63) is 12.2 Å².